The highest BCUT2D eigenvalue weighted by Gasteiger charge is 2.41. The van der Waals surface area contributed by atoms with Crippen molar-refractivity contribution in [2.24, 2.45) is 10.8 Å². The number of esters is 2. The van der Waals surface area contributed by atoms with Gasteiger partial charge < -0.3 is 23.7 Å². The predicted molar refractivity (Wildman–Crippen MR) is 95.5 cm³/mol. The third-order valence-electron chi connectivity index (χ3n) is 4.26. The average Bonchev–Trinajstić information content (AvgIpc) is 2.57. The smallest absolute Gasteiger partial charge is 0.313 e. The summed E-state index contributed by atoms with van der Waals surface area (Å²) < 4.78 is 26.4. The van der Waals surface area contributed by atoms with Crippen LogP contribution < -0.4 is 0 Å². The molecule has 7 nitrogen and oxygen atoms in total. The molecule has 1 aliphatic heterocycles. The summed E-state index contributed by atoms with van der Waals surface area (Å²) in [5, 5.41) is 0. The van der Waals surface area contributed by atoms with Crippen LogP contribution >= 0.6 is 0 Å². The van der Waals surface area contributed by atoms with Crippen LogP contribution in [-0.2, 0) is 33.3 Å². The lowest BCUT2D eigenvalue weighted by atomic mass is 9.75. The molecule has 1 saturated heterocycles. The van der Waals surface area contributed by atoms with Gasteiger partial charge in [0.25, 0.3) is 0 Å². The average molecular weight is 374 g/mol. The van der Waals surface area contributed by atoms with Crippen molar-refractivity contribution in [3.8, 4) is 0 Å². The van der Waals surface area contributed by atoms with Gasteiger partial charge >= 0.3 is 11.9 Å². The first kappa shape index (κ1) is 22.9. The van der Waals surface area contributed by atoms with Gasteiger partial charge in [0.2, 0.25) is 6.29 Å². The van der Waals surface area contributed by atoms with Crippen molar-refractivity contribution in [3.05, 3.63) is 0 Å². The largest absolute Gasteiger partial charge is 0.463 e. The zero-order valence-electron chi connectivity index (χ0n) is 16.8. The van der Waals surface area contributed by atoms with Gasteiger partial charge in [-0.2, -0.15) is 0 Å². The first-order chi connectivity index (χ1) is 12.2. The molecule has 0 N–H and O–H groups in total. The Morgan fingerprint density at radius 3 is 2.23 bits per heavy atom. The molecule has 152 valence electrons. The number of ether oxygens (including phenoxy) is 5. The summed E-state index contributed by atoms with van der Waals surface area (Å²) in [7, 11) is 1.60. The van der Waals surface area contributed by atoms with Crippen LogP contribution in [-0.4, -0.2) is 58.4 Å². The molecule has 0 aromatic heterocycles. The van der Waals surface area contributed by atoms with Gasteiger partial charge in [0.1, 0.15) is 6.61 Å². The maximum Gasteiger partial charge on any atom is 0.313 e. The monoisotopic (exact) mass is 374 g/mol. The number of hydrogen-bond acceptors (Lipinski definition) is 7. The van der Waals surface area contributed by atoms with Gasteiger partial charge in [-0.05, 0) is 47.0 Å². The molecule has 0 spiro atoms. The normalized spacial score (nSPS) is 18.4. The summed E-state index contributed by atoms with van der Waals surface area (Å²) >= 11 is 0. The molecule has 0 aromatic rings. The molecule has 0 aromatic carbocycles. The topological polar surface area (TPSA) is 80.3 Å². The molecule has 1 fully saturated rings. The molecule has 1 heterocycles. The van der Waals surface area contributed by atoms with E-state index in [4.69, 9.17) is 23.7 Å². The molecular weight excluding hydrogens is 340 g/mol. The van der Waals surface area contributed by atoms with E-state index in [0.717, 1.165) is 19.3 Å². The van der Waals surface area contributed by atoms with Gasteiger partial charge in [-0.25, -0.2) is 0 Å². The van der Waals surface area contributed by atoms with Crippen LogP contribution in [0.4, 0.5) is 0 Å². The highest BCUT2D eigenvalue weighted by atomic mass is 16.7. The van der Waals surface area contributed by atoms with Crippen LogP contribution in [0.25, 0.3) is 0 Å². The Labute approximate surface area is 156 Å². The summed E-state index contributed by atoms with van der Waals surface area (Å²) in [5.74, 6) is -0.712. The van der Waals surface area contributed by atoms with E-state index < -0.39 is 17.1 Å². The highest BCUT2D eigenvalue weighted by Crippen LogP contribution is 2.36. The molecule has 26 heavy (non-hydrogen) atoms. The molecule has 0 bridgehead atoms. The van der Waals surface area contributed by atoms with Crippen molar-refractivity contribution >= 4 is 11.9 Å². The zero-order valence-corrected chi connectivity index (χ0v) is 16.8. The molecule has 0 radical (unpaired) electrons. The summed E-state index contributed by atoms with van der Waals surface area (Å²) in [5.41, 5.74) is -1.64. The van der Waals surface area contributed by atoms with E-state index in [0.29, 0.717) is 32.8 Å². The Hall–Kier alpha value is -1.18. The maximum atomic E-state index is 12.5. The molecular formula is C19H34O7. The fourth-order valence-electron chi connectivity index (χ4n) is 2.97. The van der Waals surface area contributed by atoms with E-state index in [1.807, 2.05) is 0 Å². The summed E-state index contributed by atoms with van der Waals surface area (Å²) in [6.45, 7) is 9.16. The highest BCUT2D eigenvalue weighted by molar-refractivity contribution is 5.80. The van der Waals surface area contributed by atoms with E-state index in [2.05, 4.69) is 0 Å². The zero-order chi connectivity index (χ0) is 19.6. The van der Waals surface area contributed by atoms with Gasteiger partial charge in [0.15, 0.2) is 0 Å². The van der Waals surface area contributed by atoms with Crippen LogP contribution in [0.15, 0.2) is 0 Å². The molecule has 1 atom stereocenters. The Morgan fingerprint density at radius 1 is 0.962 bits per heavy atom. The molecule has 1 aliphatic rings. The molecule has 1 unspecified atom stereocenters. The van der Waals surface area contributed by atoms with E-state index in [9.17, 15) is 9.59 Å². The summed E-state index contributed by atoms with van der Waals surface area (Å²) in [6, 6.07) is 0. The molecule has 0 aliphatic carbocycles. The Bertz CT molecular complexity index is 439. The van der Waals surface area contributed by atoms with E-state index >= 15 is 0 Å². The lowest BCUT2D eigenvalue weighted by molar-refractivity contribution is -0.197. The number of carbonyl (C=O) groups excluding carboxylic acids is 2. The van der Waals surface area contributed by atoms with Gasteiger partial charge in [0.05, 0.1) is 37.3 Å². The second kappa shape index (κ2) is 10.8. The van der Waals surface area contributed by atoms with Crippen LogP contribution in [0, 0.1) is 10.8 Å². The van der Waals surface area contributed by atoms with Gasteiger partial charge in [-0.1, -0.05) is 0 Å². The fourth-order valence-corrected chi connectivity index (χ4v) is 2.97. The number of methoxy groups -OCH3 is 1. The van der Waals surface area contributed by atoms with Crippen LogP contribution in [0.2, 0.25) is 0 Å². The van der Waals surface area contributed by atoms with Crippen LogP contribution in [0.5, 0.6) is 0 Å². The van der Waals surface area contributed by atoms with Crippen LogP contribution in [0.1, 0.15) is 53.4 Å². The number of rotatable bonds is 11. The van der Waals surface area contributed by atoms with Crippen molar-refractivity contribution in [2.45, 2.75) is 59.7 Å². The summed E-state index contributed by atoms with van der Waals surface area (Å²) in [6.07, 6.45) is 2.54. The maximum absolute atomic E-state index is 12.5. The van der Waals surface area contributed by atoms with Gasteiger partial charge in [-0.15, -0.1) is 0 Å². The quantitative estimate of drug-likeness (QED) is 0.406. The van der Waals surface area contributed by atoms with E-state index in [1.165, 1.54) is 0 Å². The van der Waals surface area contributed by atoms with Crippen molar-refractivity contribution < 1.29 is 33.3 Å². The third kappa shape index (κ3) is 8.01. The second-order valence-corrected chi connectivity index (χ2v) is 7.89. The van der Waals surface area contributed by atoms with E-state index in [1.54, 1.807) is 34.8 Å². The third-order valence-corrected chi connectivity index (χ3v) is 4.26. The Kier molecular flexibility index (Phi) is 9.54. The van der Waals surface area contributed by atoms with Gasteiger partial charge in [-0.3, -0.25) is 9.59 Å². The van der Waals surface area contributed by atoms with Gasteiger partial charge in [0, 0.05) is 13.5 Å². The van der Waals surface area contributed by atoms with E-state index in [-0.39, 0.29) is 18.5 Å². The molecule has 1 rings (SSSR count). The number of carbonyl (C=O) groups is 2. The lowest BCUT2D eigenvalue weighted by Gasteiger charge is -2.33. The number of hydrogen-bond donors (Lipinski definition) is 0. The molecule has 0 saturated carbocycles. The lowest BCUT2D eigenvalue weighted by Crippen LogP contribution is -2.39. The first-order valence-electron chi connectivity index (χ1n) is 9.25. The minimum Gasteiger partial charge on any atom is -0.463 e. The summed E-state index contributed by atoms with van der Waals surface area (Å²) in [4.78, 5) is 24.9. The first-order valence-corrected chi connectivity index (χ1v) is 9.25. The minimum atomic E-state index is -0.821. The predicted octanol–water partition coefficient (Wildman–Crippen LogP) is 2.70. The Balaban J connectivity index is 2.43. The fraction of sp³-hybridized carbons (Fsp3) is 0.895. The van der Waals surface area contributed by atoms with Crippen molar-refractivity contribution in [3.63, 3.8) is 0 Å². The van der Waals surface area contributed by atoms with Crippen molar-refractivity contribution in [1.82, 2.24) is 0 Å². The van der Waals surface area contributed by atoms with Crippen molar-refractivity contribution in [1.29, 1.82) is 0 Å². The van der Waals surface area contributed by atoms with Crippen molar-refractivity contribution in [2.75, 3.05) is 40.1 Å². The molecule has 0 amide bonds. The van der Waals surface area contributed by atoms with Crippen LogP contribution in [0.3, 0.4) is 0 Å². The minimum absolute atomic E-state index is 0.173. The molecule has 7 heteroatoms. The second-order valence-electron chi connectivity index (χ2n) is 7.89. The Morgan fingerprint density at radius 2 is 1.62 bits per heavy atom. The SMILES string of the molecule is COCCOCCOC(=O)C(C)(C)CC(C)(C)C(=O)OC1CCCCO1. The standard InChI is InChI=1S/C19H34O7/c1-18(2,16(20)25-13-12-23-11-10-22-5)14-19(3,4)17(21)26-15-8-6-7-9-24-15/h15H,6-14H2,1-5H3.